The topological polar surface area (TPSA) is 12.9 Å². The minimum absolute atomic E-state index is 0.314. The zero-order valence-electron chi connectivity index (χ0n) is 5.64. The highest BCUT2D eigenvalue weighted by molar-refractivity contribution is 6.29. The molecular formula is C8H5Cl2N. The first kappa shape index (κ1) is 8.39. The van der Waals surface area contributed by atoms with Crippen LogP contribution < -0.4 is 0 Å². The minimum Gasteiger partial charge on any atom is -0.228 e. The summed E-state index contributed by atoms with van der Waals surface area (Å²) < 4.78 is 0. The van der Waals surface area contributed by atoms with Crippen molar-refractivity contribution < 1.29 is 0 Å². The van der Waals surface area contributed by atoms with Crippen molar-refractivity contribution >= 4 is 23.2 Å². The molecule has 0 spiro atoms. The Bertz CT molecular complexity index is 298. The third kappa shape index (κ3) is 2.80. The van der Waals surface area contributed by atoms with E-state index in [9.17, 15) is 0 Å². The van der Waals surface area contributed by atoms with Gasteiger partial charge >= 0.3 is 0 Å². The number of hydrogen-bond acceptors (Lipinski definition) is 1. The van der Waals surface area contributed by atoms with Gasteiger partial charge in [0.1, 0.15) is 10.8 Å². The molecule has 0 aromatic carbocycles. The molecule has 0 unspecified atom stereocenters. The van der Waals surface area contributed by atoms with E-state index in [1.165, 1.54) is 0 Å². The second-order valence-electron chi connectivity index (χ2n) is 1.78. The van der Waals surface area contributed by atoms with Crippen molar-refractivity contribution in [3.63, 3.8) is 0 Å². The molecule has 0 fully saturated rings. The van der Waals surface area contributed by atoms with Crippen LogP contribution in [0, 0.1) is 11.8 Å². The highest BCUT2D eigenvalue weighted by Crippen LogP contribution is 2.03. The zero-order chi connectivity index (χ0) is 8.10. The first-order valence-electron chi connectivity index (χ1n) is 3.00. The van der Waals surface area contributed by atoms with Gasteiger partial charge in [-0.2, -0.15) is 0 Å². The van der Waals surface area contributed by atoms with Crippen molar-refractivity contribution in [1.29, 1.82) is 0 Å². The fourth-order valence-corrected chi connectivity index (χ4v) is 0.832. The predicted octanol–water partition coefficient (Wildman–Crippen LogP) is 2.33. The van der Waals surface area contributed by atoms with Crippen LogP contribution in [0.25, 0.3) is 0 Å². The average Bonchev–Trinajstić information content (AvgIpc) is 2.01. The van der Waals surface area contributed by atoms with Crippen molar-refractivity contribution in [2.75, 3.05) is 5.88 Å². The van der Waals surface area contributed by atoms with Crippen LogP contribution in [0.15, 0.2) is 18.2 Å². The van der Waals surface area contributed by atoms with Crippen LogP contribution in [0.1, 0.15) is 5.69 Å². The normalized spacial score (nSPS) is 8.55. The largest absolute Gasteiger partial charge is 0.228 e. The third-order valence-electron chi connectivity index (χ3n) is 0.998. The van der Waals surface area contributed by atoms with E-state index in [-0.39, 0.29) is 0 Å². The summed E-state index contributed by atoms with van der Waals surface area (Å²) in [6, 6.07) is 5.28. The molecule has 1 aromatic rings. The second-order valence-corrected chi connectivity index (χ2v) is 2.44. The highest BCUT2D eigenvalue weighted by Gasteiger charge is 1.88. The van der Waals surface area contributed by atoms with E-state index >= 15 is 0 Å². The second kappa shape index (κ2) is 4.23. The molecule has 0 aliphatic heterocycles. The van der Waals surface area contributed by atoms with Gasteiger partial charge in [0.25, 0.3) is 0 Å². The van der Waals surface area contributed by atoms with E-state index in [2.05, 4.69) is 16.8 Å². The lowest BCUT2D eigenvalue weighted by Crippen LogP contribution is -1.80. The van der Waals surface area contributed by atoms with Crippen LogP contribution >= 0.6 is 23.2 Å². The standard InChI is InChI=1S/C8H5Cl2N/c9-6-2-4-7-3-1-5-8(10)11-7/h1,3,5H,6H2. The lowest BCUT2D eigenvalue weighted by atomic mass is 10.3. The van der Waals surface area contributed by atoms with Gasteiger partial charge in [0.2, 0.25) is 0 Å². The number of pyridine rings is 1. The van der Waals surface area contributed by atoms with Gasteiger partial charge in [-0.15, -0.1) is 11.6 Å². The number of nitrogens with zero attached hydrogens (tertiary/aromatic N) is 1. The van der Waals surface area contributed by atoms with E-state index in [1.54, 1.807) is 18.2 Å². The summed E-state index contributed by atoms with van der Waals surface area (Å²) in [6.07, 6.45) is 0. The van der Waals surface area contributed by atoms with Crippen molar-refractivity contribution in [2.24, 2.45) is 0 Å². The number of hydrogen-bond donors (Lipinski definition) is 0. The Morgan fingerprint density at radius 3 is 2.91 bits per heavy atom. The summed E-state index contributed by atoms with van der Waals surface area (Å²) in [6.45, 7) is 0. The predicted molar refractivity (Wildman–Crippen MR) is 46.8 cm³/mol. The maximum absolute atomic E-state index is 5.61. The van der Waals surface area contributed by atoms with E-state index in [0.717, 1.165) is 0 Å². The molecule has 3 heteroatoms. The first-order valence-corrected chi connectivity index (χ1v) is 3.91. The van der Waals surface area contributed by atoms with Crippen molar-refractivity contribution in [3.8, 4) is 11.8 Å². The van der Waals surface area contributed by atoms with Crippen molar-refractivity contribution in [1.82, 2.24) is 4.98 Å². The Labute approximate surface area is 75.4 Å². The summed E-state index contributed by atoms with van der Waals surface area (Å²) in [7, 11) is 0. The Kier molecular flexibility index (Phi) is 3.22. The Hall–Kier alpha value is -0.710. The molecule has 1 nitrogen and oxygen atoms in total. The summed E-state index contributed by atoms with van der Waals surface area (Å²) in [5.74, 6) is 5.76. The van der Waals surface area contributed by atoms with Gasteiger partial charge in [0, 0.05) is 0 Å². The molecule has 1 rings (SSSR count). The molecule has 1 heterocycles. The van der Waals surface area contributed by atoms with E-state index < -0.39 is 0 Å². The van der Waals surface area contributed by atoms with Crippen LogP contribution in [0.3, 0.4) is 0 Å². The summed E-state index contributed by atoms with van der Waals surface area (Å²) in [4.78, 5) is 3.94. The summed E-state index contributed by atoms with van der Waals surface area (Å²) in [5, 5.41) is 0.450. The SMILES string of the molecule is ClCC#Cc1cccc(Cl)n1. The average molecular weight is 186 g/mol. The molecule has 0 saturated carbocycles. The molecule has 56 valence electrons. The van der Waals surface area contributed by atoms with Gasteiger partial charge < -0.3 is 0 Å². The van der Waals surface area contributed by atoms with Gasteiger partial charge in [0.05, 0.1) is 5.88 Å². The van der Waals surface area contributed by atoms with Gasteiger partial charge in [-0.3, -0.25) is 0 Å². The fraction of sp³-hybridized carbons (Fsp3) is 0.125. The number of aromatic nitrogens is 1. The lowest BCUT2D eigenvalue weighted by molar-refractivity contribution is 1.29. The number of halogens is 2. The van der Waals surface area contributed by atoms with Crippen molar-refractivity contribution in [3.05, 3.63) is 29.0 Å². The molecular weight excluding hydrogens is 181 g/mol. The van der Waals surface area contributed by atoms with Crippen LogP contribution in [0.4, 0.5) is 0 Å². The Morgan fingerprint density at radius 2 is 2.27 bits per heavy atom. The van der Waals surface area contributed by atoms with Crippen molar-refractivity contribution in [2.45, 2.75) is 0 Å². The molecule has 0 radical (unpaired) electrons. The molecule has 1 aromatic heterocycles. The summed E-state index contributed by atoms with van der Waals surface area (Å²) >= 11 is 11.0. The quantitative estimate of drug-likeness (QED) is 0.344. The Morgan fingerprint density at radius 1 is 1.45 bits per heavy atom. The molecule has 11 heavy (non-hydrogen) atoms. The highest BCUT2D eigenvalue weighted by atomic mass is 35.5. The van der Waals surface area contributed by atoms with Crippen LogP contribution in [-0.2, 0) is 0 Å². The number of alkyl halides is 1. The minimum atomic E-state index is 0.314. The van der Waals surface area contributed by atoms with Gasteiger partial charge in [-0.05, 0) is 18.1 Å². The van der Waals surface area contributed by atoms with E-state index in [4.69, 9.17) is 23.2 Å². The molecule has 0 aliphatic rings. The Balaban J connectivity index is 2.87. The monoisotopic (exact) mass is 185 g/mol. The van der Waals surface area contributed by atoms with Gasteiger partial charge in [0.15, 0.2) is 0 Å². The number of rotatable bonds is 0. The molecule has 0 N–H and O–H groups in total. The first-order chi connectivity index (χ1) is 5.33. The zero-order valence-corrected chi connectivity index (χ0v) is 7.15. The van der Waals surface area contributed by atoms with Crippen LogP contribution in [-0.4, -0.2) is 10.9 Å². The van der Waals surface area contributed by atoms with Crippen LogP contribution in [0.5, 0.6) is 0 Å². The molecule has 0 aliphatic carbocycles. The maximum atomic E-state index is 5.61. The van der Waals surface area contributed by atoms with E-state index in [0.29, 0.717) is 16.7 Å². The molecule has 0 atom stereocenters. The van der Waals surface area contributed by atoms with Gasteiger partial charge in [-0.1, -0.05) is 23.6 Å². The van der Waals surface area contributed by atoms with Gasteiger partial charge in [-0.25, -0.2) is 4.98 Å². The maximum Gasteiger partial charge on any atom is 0.130 e. The smallest absolute Gasteiger partial charge is 0.130 e. The summed E-state index contributed by atoms with van der Waals surface area (Å²) in [5.41, 5.74) is 0.651. The van der Waals surface area contributed by atoms with Crippen LogP contribution in [0.2, 0.25) is 5.15 Å². The molecule has 0 amide bonds. The lowest BCUT2D eigenvalue weighted by Gasteiger charge is -1.88. The van der Waals surface area contributed by atoms with E-state index in [1.807, 2.05) is 0 Å². The molecule has 0 saturated heterocycles. The fourth-order valence-electron chi connectivity index (χ4n) is 0.602. The molecule has 0 bridgehead atoms. The third-order valence-corrected chi connectivity index (χ3v) is 1.34.